The van der Waals surface area contributed by atoms with Crippen molar-refractivity contribution in [2.75, 3.05) is 11.5 Å². The van der Waals surface area contributed by atoms with Crippen molar-refractivity contribution in [3.63, 3.8) is 0 Å². The van der Waals surface area contributed by atoms with E-state index in [1.807, 2.05) is 19.1 Å². The van der Waals surface area contributed by atoms with E-state index in [0.717, 1.165) is 19.0 Å². The summed E-state index contributed by atoms with van der Waals surface area (Å²) >= 11 is 0.884. The van der Waals surface area contributed by atoms with Gasteiger partial charge in [0.25, 0.3) is 0 Å². The highest BCUT2D eigenvalue weighted by Crippen LogP contribution is 2.63. The third-order valence-corrected chi connectivity index (χ3v) is 7.69. The van der Waals surface area contributed by atoms with Gasteiger partial charge in [0, 0.05) is 23.6 Å². The Morgan fingerprint density at radius 1 is 1.31 bits per heavy atom. The van der Waals surface area contributed by atoms with Crippen molar-refractivity contribution in [2.24, 2.45) is 11.8 Å². The average molecular weight is 451 g/mol. The molecule has 2 amide bonds. The van der Waals surface area contributed by atoms with Crippen molar-refractivity contribution in [2.45, 2.75) is 43.5 Å². The second kappa shape index (κ2) is 7.60. The Morgan fingerprint density at radius 2 is 2.06 bits per heavy atom. The first-order valence-electron chi connectivity index (χ1n) is 11.2. The number of aliphatic hydroxyl groups is 1. The molecule has 0 saturated carbocycles. The molecule has 5 rings (SSSR count). The highest BCUT2D eigenvalue weighted by molar-refractivity contribution is 8.15. The fraction of sp³-hybridized carbons (Fsp3) is 0.435. The number of benzene rings is 2. The predicted molar refractivity (Wildman–Crippen MR) is 121 cm³/mol. The van der Waals surface area contributed by atoms with Crippen molar-refractivity contribution in [1.82, 2.24) is 0 Å². The van der Waals surface area contributed by atoms with Crippen molar-refractivity contribution in [3.05, 3.63) is 42.0 Å². The van der Waals surface area contributed by atoms with Crippen LogP contribution in [0, 0.1) is 23.2 Å². The van der Waals surface area contributed by atoms with Gasteiger partial charge in [0.05, 0.1) is 47.5 Å². The predicted octanol–water partition coefficient (Wildman–Crippen LogP) is 2.37. The topological polar surface area (TPSA) is 99.9 Å². The molecule has 2 unspecified atom stereocenters. The maximum absolute atomic E-state index is 13.8. The van der Waals surface area contributed by atoms with E-state index in [-0.39, 0.29) is 24.8 Å². The van der Waals surface area contributed by atoms with Crippen LogP contribution in [0.4, 0.5) is 5.69 Å². The molecule has 1 radical (unpaired) electrons. The molecule has 3 saturated heterocycles. The summed E-state index contributed by atoms with van der Waals surface area (Å²) in [5, 5.41) is 21.8. The molecule has 0 spiro atoms. The van der Waals surface area contributed by atoms with E-state index in [4.69, 9.17) is 10.3 Å². The van der Waals surface area contributed by atoms with Crippen LogP contribution in [0.15, 0.2) is 36.4 Å². The smallest absolute Gasteiger partial charge is 0.240 e. The van der Waals surface area contributed by atoms with Gasteiger partial charge in [-0.05, 0) is 19.9 Å². The quantitative estimate of drug-likeness (QED) is 0.299. The van der Waals surface area contributed by atoms with Gasteiger partial charge in [0.2, 0.25) is 18.9 Å². The molecule has 3 aliphatic rings. The number of rotatable bonds is 7. The largest absolute Gasteiger partial charge is 0.390 e. The van der Waals surface area contributed by atoms with Gasteiger partial charge < -0.3 is 14.0 Å². The highest BCUT2D eigenvalue weighted by atomic mass is 32.2. The Morgan fingerprint density at radius 3 is 2.78 bits per heavy atom. The molecule has 1 N–H and O–H groups in total. The van der Waals surface area contributed by atoms with Crippen LogP contribution in [0.25, 0.3) is 10.8 Å². The van der Waals surface area contributed by atoms with E-state index in [9.17, 15) is 20.0 Å². The Balaban J connectivity index is 1.59. The summed E-state index contributed by atoms with van der Waals surface area (Å²) in [7, 11) is 1.07. The number of imide groups is 1. The van der Waals surface area contributed by atoms with Crippen LogP contribution in [-0.4, -0.2) is 49.3 Å². The Kier molecular flexibility index (Phi) is 4.81. The van der Waals surface area contributed by atoms with E-state index >= 15 is 0 Å². The minimum absolute atomic E-state index is 0.219. The number of fused-ring (bicyclic) bond motifs is 6. The van der Waals surface area contributed by atoms with Crippen molar-refractivity contribution in [3.8, 4) is 6.07 Å². The number of hydrogen-bond donors (Lipinski definition) is 1. The minimum Gasteiger partial charge on any atom is -0.390 e. The SMILES string of the molecule is [3H][B]SOCCC12C[C@H](O)C(CC)(O1)[C@@H]1C(=O)N(c3ccc(C#N)c4ccccc34)C(=O)[C@@H]12. The van der Waals surface area contributed by atoms with Gasteiger partial charge in [0.15, 0.2) is 0 Å². The van der Waals surface area contributed by atoms with Crippen molar-refractivity contribution >= 4 is 47.3 Å². The van der Waals surface area contributed by atoms with Crippen molar-refractivity contribution < 1.29 is 23.6 Å². The Bertz CT molecular complexity index is 1190. The lowest BCUT2D eigenvalue weighted by Gasteiger charge is -2.34. The van der Waals surface area contributed by atoms with Gasteiger partial charge in [-0.3, -0.25) is 9.59 Å². The van der Waals surface area contributed by atoms with Gasteiger partial charge in [-0.25, -0.2) is 4.90 Å². The molecule has 0 aliphatic carbocycles. The third kappa shape index (κ3) is 2.67. The Hall–Kier alpha value is -2.38. The molecule has 2 aromatic rings. The van der Waals surface area contributed by atoms with Crippen molar-refractivity contribution in [1.29, 1.82) is 6.60 Å². The maximum atomic E-state index is 13.8. The molecule has 3 heterocycles. The first-order chi connectivity index (χ1) is 15.9. The molecular weight excluding hydrogens is 427 g/mol. The highest BCUT2D eigenvalue weighted by Gasteiger charge is 2.77. The summed E-state index contributed by atoms with van der Waals surface area (Å²) in [4.78, 5) is 28.9. The lowest BCUT2D eigenvalue weighted by molar-refractivity contribution is -0.137. The molecule has 7 nitrogen and oxygen atoms in total. The number of hydrogen-bond acceptors (Lipinski definition) is 7. The third-order valence-electron chi connectivity index (χ3n) is 7.39. The fourth-order valence-electron chi connectivity index (χ4n) is 6.05. The number of nitrogens with zero attached hydrogens (tertiary/aromatic N) is 2. The first kappa shape index (κ1) is 20.2. The zero-order valence-corrected chi connectivity index (χ0v) is 18.3. The summed E-state index contributed by atoms with van der Waals surface area (Å²) in [6, 6.07) is 12.7. The number of anilines is 1. The number of ether oxygens (including phenoxy) is 1. The molecule has 3 aliphatic heterocycles. The van der Waals surface area contributed by atoms with E-state index in [1.54, 1.807) is 24.3 Å². The molecule has 163 valence electrons. The lowest BCUT2D eigenvalue weighted by atomic mass is 9.64. The van der Waals surface area contributed by atoms with Gasteiger partial charge >= 0.3 is 0 Å². The van der Waals surface area contributed by atoms with E-state index in [2.05, 4.69) is 6.07 Å². The zero-order chi connectivity index (χ0) is 23.4. The Labute approximate surface area is 192 Å². The first-order valence-corrected chi connectivity index (χ1v) is 11.4. The maximum Gasteiger partial charge on any atom is 0.240 e. The number of carbonyl (C=O) groups is 2. The number of amides is 2. The molecule has 0 aromatic heterocycles. The molecule has 3 fully saturated rings. The number of aliphatic hydroxyl groups excluding tert-OH is 1. The van der Waals surface area contributed by atoms with Crippen LogP contribution < -0.4 is 4.90 Å². The van der Waals surface area contributed by atoms with Gasteiger partial charge in [-0.15, -0.1) is 0 Å². The fourth-order valence-corrected chi connectivity index (χ4v) is 6.23. The average Bonchev–Trinajstić information content (AvgIpc) is 3.39. The molecular formula is C23H22BN2O5S. The molecule has 2 bridgehead atoms. The van der Waals surface area contributed by atoms with Crippen LogP contribution in [0.1, 0.15) is 31.7 Å². The zero-order valence-electron chi connectivity index (χ0n) is 18.5. The second-order valence-electron chi connectivity index (χ2n) is 8.62. The molecule has 9 heteroatoms. The van der Waals surface area contributed by atoms with E-state index in [1.165, 1.54) is 4.90 Å². The molecule has 2 aromatic carbocycles. The second-order valence-corrected chi connectivity index (χ2v) is 9.05. The summed E-state index contributed by atoms with van der Waals surface area (Å²) in [6.07, 6.45) is 0.110. The summed E-state index contributed by atoms with van der Waals surface area (Å²) in [5.41, 5.74) is -1.22. The van der Waals surface area contributed by atoms with Gasteiger partial charge in [-0.1, -0.05) is 43.1 Å². The van der Waals surface area contributed by atoms with Crippen LogP contribution in [0.3, 0.4) is 0 Å². The summed E-state index contributed by atoms with van der Waals surface area (Å²) in [6.45, 7) is 2.08. The minimum atomic E-state index is -1.12. The lowest BCUT2D eigenvalue weighted by Crippen LogP contribution is -2.51. The van der Waals surface area contributed by atoms with E-state index < -0.39 is 29.1 Å². The van der Waals surface area contributed by atoms with E-state index in [0.29, 0.717) is 34.9 Å². The summed E-state index contributed by atoms with van der Waals surface area (Å²) in [5.74, 6) is -2.24. The summed E-state index contributed by atoms with van der Waals surface area (Å²) < 4.78 is 18.9. The standard InChI is InChI=1S/C23H22BN2O5S/c1-2-23-17(27)11-22(31-23,9-10-30-32-24)18-19(23)21(29)26(20(18)28)16-8-7-13(12-25)14-5-3-4-6-15(14)16/h3-8,17-19,24,27H,2,9-11H2,1H3/t17-,18+,19-,22?,23?/m0/s1/i24T. The normalized spacial score (nSPS) is 33.5. The van der Waals surface area contributed by atoms with Crippen LogP contribution in [-0.2, 0) is 18.5 Å². The molecule has 5 atom stereocenters. The van der Waals surface area contributed by atoms with Crippen LogP contribution in [0.5, 0.6) is 0 Å². The number of nitriles is 1. The van der Waals surface area contributed by atoms with Crippen LogP contribution in [0.2, 0.25) is 0 Å². The van der Waals surface area contributed by atoms with Gasteiger partial charge in [-0.2, -0.15) is 5.26 Å². The van der Waals surface area contributed by atoms with Crippen LogP contribution >= 0.6 is 11.9 Å². The monoisotopic (exact) mass is 451 g/mol. The number of carbonyl (C=O) groups excluding carboxylic acids is 2. The van der Waals surface area contributed by atoms with Gasteiger partial charge in [0.1, 0.15) is 5.60 Å². The molecule has 32 heavy (non-hydrogen) atoms.